The molecular formula is C19H18BrF3N4O6S. The van der Waals surface area contributed by atoms with E-state index in [4.69, 9.17) is 4.74 Å². The van der Waals surface area contributed by atoms with Crippen LogP contribution in [0.2, 0.25) is 0 Å². The molecule has 2 N–H and O–H groups in total. The highest BCUT2D eigenvalue weighted by molar-refractivity contribution is 9.10. The molecule has 2 aliphatic heterocycles. The first kappa shape index (κ1) is 24.6. The van der Waals surface area contributed by atoms with Gasteiger partial charge in [0.25, 0.3) is 5.91 Å². The summed E-state index contributed by atoms with van der Waals surface area (Å²) in [4.78, 5) is 49.1. The Labute approximate surface area is 203 Å². The van der Waals surface area contributed by atoms with Gasteiger partial charge in [0.05, 0.1) is 10.2 Å². The molecule has 1 saturated carbocycles. The van der Waals surface area contributed by atoms with Crippen LogP contribution in [0, 0.1) is 0 Å². The first-order chi connectivity index (χ1) is 15.9. The van der Waals surface area contributed by atoms with Gasteiger partial charge < -0.3 is 15.2 Å². The number of hydrogen-bond donors (Lipinski definition) is 2. The van der Waals surface area contributed by atoms with Crippen molar-refractivity contribution in [2.24, 2.45) is 0 Å². The molecule has 2 atom stereocenters. The maximum absolute atomic E-state index is 13.3. The van der Waals surface area contributed by atoms with Crippen LogP contribution in [0.1, 0.15) is 37.1 Å². The van der Waals surface area contributed by atoms with Crippen LogP contribution in [0.3, 0.4) is 0 Å². The highest BCUT2D eigenvalue weighted by Gasteiger charge is 2.54. The Balaban J connectivity index is 1.48. The van der Waals surface area contributed by atoms with E-state index in [1.54, 1.807) is 0 Å². The Hall–Kier alpha value is -2.55. The summed E-state index contributed by atoms with van der Waals surface area (Å²) in [7, 11) is 0. The van der Waals surface area contributed by atoms with E-state index in [1.807, 2.05) is 0 Å². The number of thioether (sulfide) groups is 1. The predicted octanol–water partition coefficient (Wildman–Crippen LogP) is 1.84. The summed E-state index contributed by atoms with van der Waals surface area (Å²) in [6, 6.07) is -1.05. The average Bonchev–Trinajstić information content (AvgIpc) is 3.51. The van der Waals surface area contributed by atoms with Gasteiger partial charge in [0.15, 0.2) is 5.69 Å². The highest BCUT2D eigenvalue weighted by atomic mass is 79.9. The lowest BCUT2D eigenvalue weighted by Gasteiger charge is -2.49. The third-order valence-corrected chi connectivity index (χ3v) is 7.59. The van der Waals surface area contributed by atoms with Gasteiger partial charge in [-0.15, -0.1) is 11.8 Å². The summed E-state index contributed by atoms with van der Waals surface area (Å²) in [5, 5.41) is 14.9. The fraction of sp³-hybridized carbons (Fsp3) is 0.526. The molecule has 3 heterocycles. The third-order valence-electron chi connectivity index (χ3n) is 5.47. The van der Waals surface area contributed by atoms with Crippen LogP contribution in [-0.4, -0.2) is 67.3 Å². The molecule has 1 aromatic heterocycles. The molecule has 15 heteroatoms. The zero-order valence-corrected chi connectivity index (χ0v) is 19.9. The van der Waals surface area contributed by atoms with E-state index < -0.39 is 53.6 Å². The number of hydrogen-bond acceptors (Lipinski definition) is 7. The molecule has 3 aliphatic rings. The van der Waals surface area contributed by atoms with Crippen molar-refractivity contribution in [1.82, 2.24) is 20.0 Å². The van der Waals surface area contributed by atoms with Crippen LogP contribution in [0.5, 0.6) is 0 Å². The summed E-state index contributed by atoms with van der Waals surface area (Å²) in [5.41, 5.74) is -0.894. The van der Waals surface area contributed by atoms with Crippen LogP contribution in [-0.2, 0) is 36.6 Å². The van der Waals surface area contributed by atoms with Crippen LogP contribution < -0.4 is 5.32 Å². The van der Waals surface area contributed by atoms with E-state index >= 15 is 0 Å². The number of carbonyl (C=O) groups is 4. The Kier molecular flexibility index (Phi) is 6.44. The van der Waals surface area contributed by atoms with Gasteiger partial charge in [-0.1, -0.05) is 0 Å². The van der Waals surface area contributed by atoms with Crippen molar-refractivity contribution in [2.45, 2.75) is 49.8 Å². The van der Waals surface area contributed by atoms with Gasteiger partial charge >= 0.3 is 18.1 Å². The van der Waals surface area contributed by atoms with Crippen LogP contribution in [0.4, 0.5) is 13.2 Å². The van der Waals surface area contributed by atoms with Gasteiger partial charge in [0, 0.05) is 24.2 Å². The average molecular weight is 567 g/mol. The van der Waals surface area contributed by atoms with E-state index in [9.17, 15) is 37.5 Å². The minimum absolute atomic E-state index is 0.139. The van der Waals surface area contributed by atoms with Crippen molar-refractivity contribution < 1.29 is 42.2 Å². The number of esters is 1. The number of carboxylic acid groups (broad SMARTS) is 1. The summed E-state index contributed by atoms with van der Waals surface area (Å²) >= 11 is 4.14. The normalized spacial score (nSPS) is 22.3. The van der Waals surface area contributed by atoms with Gasteiger partial charge in [-0.2, -0.15) is 18.3 Å². The molecule has 2 amide bonds. The number of β-lactam (4-membered cyclic amide) rings is 1. The first-order valence-corrected chi connectivity index (χ1v) is 11.9. The summed E-state index contributed by atoms with van der Waals surface area (Å²) in [5.74, 6) is -3.36. The SMILES string of the molecule is CC(=O)OCC1=C(C(=O)O)N2C(=O)[C@H](NC(=O)Cn3nc(C(F)(F)F)c(Br)c3C3CC3)[C@H]2SC1. The topological polar surface area (TPSA) is 131 Å². The van der Waals surface area contributed by atoms with Crippen molar-refractivity contribution >= 4 is 51.4 Å². The van der Waals surface area contributed by atoms with Gasteiger partial charge in [-0.05, 0) is 28.8 Å². The molecule has 2 fully saturated rings. The standard InChI is InChI=1S/C19H18BrF3N4O6S/c1-7(28)33-5-9-6-34-17-12(16(30)27(17)14(9)18(31)32)24-10(29)4-26-13(8-2-3-8)11(20)15(25-26)19(21,22)23/h8,12,17H,2-6H2,1H3,(H,24,29)(H,31,32)/t12-,17+/m0/s1. The molecule has 1 aromatic rings. The number of aliphatic carboxylic acids is 1. The summed E-state index contributed by atoms with van der Waals surface area (Å²) in [6.07, 6.45) is -3.34. The number of carboxylic acids is 1. The van der Waals surface area contributed by atoms with Crippen molar-refractivity contribution in [3.05, 3.63) is 27.1 Å². The maximum atomic E-state index is 13.3. The number of amides is 2. The fourth-order valence-electron chi connectivity index (χ4n) is 3.84. The molecule has 0 bridgehead atoms. The van der Waals surface area contributed by atoms with Crippen LogP contribution in [0.15, 0.2) is 15.7 Å². The van der Waals surface area contributed by atoms with E-state index in [-0.39, 0.29) is 39.7 Å². The smallest absolute Gasteiger partial charge is 0.436 e. The third kappa shape index (κ3) is 4.54. The Morgan fingerprint density at radius 2 is 2.00 bits per heavy atom. The Morgan fingerprint density at radius 1 is 1.32 bits per heavy atom. The fourth-order valence-corrected chi connectivity index (χ4v) is 6.00. The van der Waals surface area contributed by atoms with Crippen molar-refractivity contribution in [1.29, 1.82) is 0 Å². The van der Waals surface area contributed by atoms with Gasteiger partial charge in [-0.3, -0.25) is 24.0 Å². The second-order valence-corrected chi connectivity index (χ2v) is 9.87. The molecule has 0 spiro atoms. The number of ether oxygens (including phenoxy) is 1. The Morgan fingerprint density at radius 3 is 2.56 bits per heavy atom. The zero-order valence-electron chi connectivity index (χ0n) is 17.5. The molecule has 0 aromatic carbocycles. The zero-order chi connectivity index (χ0) is 24.9. The minimum atomic E-state index is -4.70. The number of alkyl halides is 3. The number of rotatable bonds is 7. The number of carbonyl (C=O) groups excluding carboxylic acids is 3. The summed E-state index contributed by atoms with van der Waals surface area (Å²) < 4.78 is 45.5. The Bertz CT molecular complexity index is 1120. The molecule has 0 radical (unpaired) electrons. The maximum Gasteiger partial charge on any atom is 0.436 e. The number of fused-ring (bicyclic) bond motifs is 1. The van der Waals surface area contributed by atoms with Gasteiger partial charge in [-0.25, -0.2) is 4.79 Å². The van der Waals surface area contributed by atoms with E-state index in [0.717, 1.165) is 9.58 Å². The molecule has 10 nitrogen and oxygen atoms in total. The molecule has 4 rings (SSSR count). The second-order valence-electron chi connectivity index (χ2n) is 7.97. The lowest BCUT2D eigenvalue weighted by molar-refractivity contribution is -0.151. The van der Waals surface area contributed by atoms with Crippen LogP contribution in [0.25, 0.3) is 0 Å². The first-order valence-electron chi connectivity index (χ1n) is 10.1. The quantitative estimate of drug-likeness (QED) is 0.377. The highest BCUT2D eigenvalue weighted by Crippen LogP contribution is 2.47. The van der Waals surface area contributed by atoms with Gasteiger partial charge in [0.2, 0.25) is 5.91 Å². The lowest BCUT2D eigenvalue weighted by Crippen LogP contribution is -2.70. The molecule has 1 saturated heterocycles. The number of nitrogens with one attached hydrogen (secondary N) is 1. The number of halogens is 4. The van der Waals surface area contributed by atoms with Crippen molar-refractivity contribution in [3.63, 3.8) is 0 Å². The second kappa shape index (κ2) is 8.91. The minimum Gasteiger partial charge on any atom is -0.477 e. The molecule has 184 valence electrons. The monoisotopic (exact) mass is 566 g/mol. The number of aromatic nitrogens is 2. The largest absolute Gasteiger partial charge is 0.477 e. The predicted molar refractivity (Wildman–Crippen MR) is 113 cm³/mol. The van der Waals surface area contributed by atoms with Crippen LogP contribution >= 0.6 is 27.7 Å². The van der Waals surface area contributed by atoms with Gasteiger partial charge in [0.1, 0.15) is 30.3 Å². The van der Waals surface area contributed by atoms with E-state index in [2.05, 4.69) is 26.3 Å². The van der Waals surface area contributed by atoms with Crippen molar-refractivity contribution in [2.75, 3.05) is 12.4 Å². The van der Waals surface area contributed by atoms with E-state index in [0.29, 0.717) is 12.8 Å². The lowest BCUT2D eigenvalue weighted by atomic mass is 10.0. The molecule has 34 heavy (non-hydrogen) atoms. The molecule has 1 aliphatic carbocycles. The summed E-state index contributed by atoms with van der Waals surface area (Å²) in [6.45, 7) is 0.364. The number of nitrogens with zero attached hydrogens (tertiary/aromatic N) is 3. The van der Waals surface area contributed by atoms with Crippen molar-refractivity contribution in [3.8, 4) is 0 Å². The molecular weight excluding hydrogens is 549 g/mol. The van der Waals surface area contributed by atoms with E-state index in [1.165, 1.54) is 18.7 Å². The molecule has 0 unspecified atom stereocenters.